The average Bonchev–Trinajstić information content (AvgIpc) is 2.96. The maximum Gasteiger partial charge on any atom is 0.305 e. The first-order valence-corrected chi connectivity index (χ1v) is 6.66. The highest BCUT2D eigenvalue weighted by Gasteiger charge is 2.01. The van der Waals surface area contributed by atoms with Gasteiger partial charge in [-0.1, -0.05) is 18.2 Å². The first-order valence-electron chi connectivity index (χ1n) is 6.66. The van der Waals surface area contributed by atoms with Crippen molar-refractivity contribution in [2.24, 2.45) is 0 Å². The van der Waals surface area contributed by atoms with Crippen LogP contribution in [0.25, 0.3) is 5.69 Å². The van der Waals surface area contributed by atoms with Crippen molar-refractivity contribution >= 4 is 5.97 Å². The van der Waals surface area contributed by atoms with E-state index in [1.165, 1.54) is 7.11 Å². The van der Waals surface area contributed by atoms with E-state index in [-0.39, 0.29) is 5.97 Å². The molecule has 0 aliphatic carbocycles. The van der Waals surface area contributed by atoms with Crippen LogP contribution < -0.4 is 5.32 Å². The maximum absolute atomic E-state index is 10.9. The largest absolute Gasteiger partial charge is 0.469 e. The molecule has 0 aliphatic heterocycles. The number of methoxy groups -OCH3 is 1. The monoisotopic (exact) mass is 273 g/mol. The van der Waals surface area contributed by atoms with Crippen LogP contribution in [0, 0.1) is 0 Å². The molecule has 0 saturated carbocycles. The number of para-hydroxylation sites is 1. The van der Waals surface area contributed by atoms with Crippen molar-refractivity contribution < 1.29 is 9.53 Å². The fourth-order valence-corrected chi connectivity index (χ4v) is 1.87. The fourth-order valence-electron chi connectivity index (χ4n) is 1.87. The fraction of sp³-hybridized carbons (Fsp3) is 0.333. The number of benzene rings is 1. The molecule has 0 atom stereocenters. The maximum atomic E-state index is 10.9. The number of nitrogens with zero attached hydrogens (tertiary/aromatic N) is 2. The van der Waals surface area contributed by atoms with Gasteiger partial charge in [-0.2, -0.15) is 5.10 Å². The van der Waals surface area contributed by atoms with Crippen LogP contribution in [0.1, 0.15) is 18.4 Å². The van der Waals surface area contributed by atoms with Crippen LogP contribution in [0.3, 0.4) is 0 Å². The molecule has 0 unspecified atom stereocenters. The van der Waals surface area contributed by atoms with Gasteiger partial charge in [-0.3, -0.25) is 4.79 Å². The van der Waals surface area contributed by atoms with E-state index in [0.717, 1.165) is 30.8 Å². The number of carbonyl (C=O) groups is 1. The molecule has 106 valence electrons. The van der Waals surface area contributed by atoms with Crippen LogP contribution >= 0.6 is 0 Å². The summed E-state index contributed by atoms with van der Waals surface area (Å²) in [6.45, 7) is 1.53. The third-order valence-corrected chi connectivity index (χ3v) is 2.95. The Morgan fingerprint density at radius 1 is 1.35 bits per heavy atom. The highest BCUT2D eigenvalue weighted by atomic mass is 16.5. The minimum atomic E-state index is -0.163. The second kappa shape index (κ2) is 7.45. The Labute approximate surface area is 118 Å². The summed E-state index contributed by atoms with van der Waals surface area (Å²) in [6, 6.07) is 9.99. The van der Waals surface area contributed by atoms with E-state index >= 15 is 0 Å². The topological polar surface area (TPSA) is 56.1 Å². The first kappa shape index (κ1) is 14.3. The summed E-state index contributed by atoms with van der Waals surface area (Å²) in [5.41, 5.74) is 2.16. The third-order valence-electron chi connectivity index (χ3n) is 2.95. The van der Waals surface area contributed by atoms with Crippen molar-refractivity contribution in [2.45, 2.75) is 19.4 Å². The van der Waals surface area contributed by atoms with Crippen LogP contribution in [0.15, 0.2) is 42.7 Å². The van der Waals surface area contributed by atoms with Gasteiger partial charge in [-0.05, 0) is 25.1 Å². The van der Waals surface area contributed by atoms with Crippen LogP contribution in [0.5, 0.6) is 0 Å². The molecule has 0 bridgehead atoms. The molecule has 0 radical (unpaired) electrons. The summed E-state index contributed by atoms with van der Waals surface area (Å²) in [7, 11) is 1.41. The minimum Gasteiger partial charge on any atom is -0.469 e. The molecule has 1 heterocycles. The van der Waals surface area contributed by atoms with Gasteiger partial charge in [0.25, 0.3) is 0 Å². The Morgan fingerprint density at radius 3 is 2.90 bits per heavy atom. The molecule has 20 heavy (non-hydrogen) atoms. The number of ether oxygens (including phenoxy) is 1. The number of hydrogen-bond acceptors (Lipinski definition) is 4. The molecule has 5 nitrogen and oxygen atoms in total. The zero-order valence-corrected chi connectivity index (χ0v) is 11.6. The minimum absolute atomic E-state index is 0.163. The molecule has 0 saturated heterocycles. The van der Waals surface area contributed by atoms with Crippen LogP contribution in [0.2, 0.25) is 0 Å². The lowest BCUT2D eigenvalue weighted by molar-refractivity contribution is -0.140. The zero-order chi connectivity index (χ0) is 14.2. The van der Waals surface area contributed by atoms with Crippen molar-refractivity contribution in [1.29, 1.82) is 0 Å². The molecule has 1 aromatic carbocycles. The molecule has 0 amide bonds. The lowest BCUT2D eigenvalue weighted by Gasteiger charge is -2.02. The quantitative estimate of drug-likeness (QED) is 0.618. The van der Waals surface area contributed by atoms with E-state index in [1.807, 2.05) is 47.4 Å². The Hall–Kier alpha value is -2.14. The highest BCUT2D eigenvalue weighted by molar-refractivity contribution is 5.69. The summed E-state index contributed by atoms with van der Waals surface area (Å²) in [5, 5.41) is 7.61. The van der Waals surface area contributed by atoms with Gasteiger partial charge < -0.3 is 10.1 Å². The van der Waals surface area contributed by atoms with E-state index in [2.05, 4.69) is 15.2 Å². The second-order valence-corrected chi connectivity index (χ2v) is 4.49. The van der Waals surface area contributed by atoms with Gasteiger partial charge in [-0.15, -0.1) is 0 Å². The summed E-state index contributed by atoms with van der Waals surface area (Å²) in [6.07, 6.45) is 5.08. The van der Waals surface area contributed by atoms with E-state index in [4.69, 9.17) is 0 Å². The average molecular weight is 273 g/mol. The predicted octanol–water partition coefficient (Wildman–Crippen LogP) is 1.92. The van der Waals surface area contributed by atoms with Gasteiger partial charge in [0.2, 0.25) is 0 Å². The molecule has 1 aromatic heterocycles. The van der Waals surface area contributed by atoms with Gasteiger partial charge in [-0.25, -0.2) is 4.68 Å². The van der Waals surface area contributed by atoms with Gasteiger partial charge in [0.1, 0.15) is 0 Å². The predicted molar refractivity (Wildman–Crippen MR) is 76.5 cm³/mol. The third kappa shape index (κ3) is 4.20. The molecular weight excluding hydrogens is 254 g/mol. The zero-order valence-electron chi connectivity index (χ0n) is 11.6. The second-order valence-electron chi connectivity index (χ2n) is 4.49. The molecule has 1 N–H and O–H groups in total. The lowest BCUT2D eigenvalue weighted by atomic mass is 10.3. The highest BCUT2D eigenvalue weighted by Crippen LogP contribution is 2.07. The van der Waals surface area contributed by atoms with Gasteiger partial charge in [0.05, 0.1) is 19.0 Å². The molecule has 2 aromatic rings. The van der Waals surface area contributed by atoms with Crippen molar-refractivity contribution in [2.75, 3.05) is 13.7 Å². The Morgan fingerprint density at radius 2 is 2.15 bits per heavy atom. The smallest absolute Gasteiger partial charge is 0.305 e. The summed E-state index contributed by atoms with van der Waals surface area (Å²) in [5.74, 6) is -0.163. The van der Waals surface area contributed by atoms with Gasteiger partial charge in [0, 0.05) is 24.7 Å². The number of aromatic nitrogens is 2. The van der Waals surface area contributed by atoms with E-state index in [1.54, 1.807) is 0 Å². The number of esters is 1. The number of nitrogens with one attached hydrogen (secondary N) is 1. The summed E-state index contributed by atoms with van der Waals surface area (Å²) >= 11 is 0. The van der Waals surface area contributed by atoms with Crippen molar-refractivity contribution in [3.63, 3.8) is 0 Å². The van der Waals surface area contributed by atoms with Crippen molar-refractivity contribution in [3.05, 3.63) is 48.3 Å². The molecule has 0 fully saturated rings. The van der Waals surface area contributed by atoms with Crippen molar-refractivity contribution in [3.8, 4) is 5.69 Å². The molecule has 2 rings (SSSR count). The molecule has 0 spiro atoms. The number of hydrogen-bond donors (Lipinski definition) is 1. The van der Waals surface area contributed by atoms with E-state index in [9.17, 15) is 4.79 Å². The van der Waals surface area contributed by atoms with Gasteiger partial charge >= 0.3 is 5.97 Å². The standard InChI is InChI=1S/C15H19N3O2/c1-20-15(19)8-5-9-16-10-13-11-17-18(12-13)14-6-3-2-4-7-14/h2-4,6-7,11-12,16H,5,8-10H2,1H3. The Balaban J connectivity index is 1.75. The normalized spacial score (nSPS) is 10.4. The number of rotatable bonds is 7. The SMILES string of the molecule is COC(=O)CCCNCc1cnn(-c2ccccc2)c1. The van der Waals surface area contributed by atoms with Crippen LogP contribution in [0.4, 0.5) is 0 Å². The molecule has 5 heteroatoms. The van der Waals surface area contributed by atoms with E-state index < -0.39 is 0 Å². The van der Waals surface area contributed by atoms with Gasteiger partial charge in [0.15, 0.2) is 0 Å². The lowest BCUT2D eigenvalue weighted by Crippen LogP contribution is -2.15. The molecule has 0 aliphatic rings. The van der Waals surface area contributed by atoms with Crippen LogP contribution in [-0.2, 0) is 16.1 Å². The van der Waals surface area contributed by atoms with Crippen molar-refractivity contribution in [1.82, 2.24) is 15.1 Å². The van der Waals surface area contributed by atoms with Crippen LogP contribution in [-0.4, -0.2) is 29.4 Å². The Kier molecular flexibility index (Phi) is 5.32. The molecular formula is C15H19N3O2. The number of carbonyl (C=O) groups excluding carboxylic acids is 1. The first-order chi connectivity index (χ1) is 9.79. The van der Waals surface area contributed by atoms with E-state index in [0.29, 0.717) is 6.42 Å². The summed E-state index contributed by atoms with van der Waals surface area (Å²) < 4.78 is 6.44. The summed E-state index contributed by atoms with van der Waals surface area (Å²) in [4.78, 5) is 10.9. The Bertz CT molecular complexity index is 537.